The predicted molar refractivity (Wildman–Crippen MR) is 119 cm³/mol. The van der Waals surface area contributed by atoms with E-state index in [1.54, 1.807) is 0 Å². The van der Waals surface area contributed by atoms with Crippen LogP contribution in [0.15, 0.2) is 60.2 Å². The van der Waals surface area contributed by atoms with Crippen LogP contribution in [0, 0.1) is 13.8 Å². The fraction of sp³-hybridized carbons (Fsp3) is 0.400. The van der Waals surface area contributed by atoms with Gasteiger partial charge in [0.1, 0.15) is 0 Å². The lowest BCUT2D eigenvalue weighted by atomic mass is 10.0. The van der Waals surface area contributed by atoms with Crippen molar-refractivity contribution in [3.63, 3.8) is 0 Å². The molecule has 0 atom stereocenters. The summed E-state index contributed by atoms with van der Waals surface area (Å²) in [6.07, 6.45) is 3.00. The van der Waals surface area contributed by atoms with Crippen LogP contribution in [-0.2, 0) is 11.3 Å². The fourth-order valence-corrected chi connectivity index (χ4v) is 4.24. The van der Waals surface area contributed by atoms with Crippen LogP contribution in [0.25, 0.3) is 0 Å². The van der Waals surface area contributed by atoms with Crippen molar-refractivity contribution in [1.82, 2.24) is 9.80 Å². The highest BCUT2D eigenvalue weighted by atomic mass is 16.2. The molecule has 0 aromatic heterocycles. The second-order valence-corrected chi connectivity index (χ2v) is 8.32. The van der Waals surface area contributed by atoms with Crippen molar-refractivity contribution in [2.75, 3.05) is 44.2 Å². The average Bonchev–Trinajstić information content (AvgIpc) is 2.75. The number of piperazine rings is 1. The summed E-state index contributed by atoms with van der Waals surface area (Å²) in [5, 5.41) is 0. The first kappa shape index (κ1) is 19.7. The van der Waals surface area contributed by atoms with E-state index in [4.69, 9.17) is 0 Å². The van der Waals surface area contributed by atoms with Crippen LogP contribution >= 0.6 is 0 Å². The Bertz CT molecular complexity index is 879. The van der Waals surface area contributed by atoms with Gasteiger partial charge in [0.05, 0.1) is 0 Å². The molecule has 0 unspecified atom stereocenters. The molecular formula is C25H31N3O. The minimum Gasteiger partial charge on any atom is -0.368 e. The molecule has 0 radical (unpaired) electrons. The van der Waals surface area contributed by atoms with Crippen molar-refractivity contribution >= 4 is 11.6 Å². The minimum atomic E-state index is 0.240. The molecule has 1 saturated heterocycles. The number of benzene rings is 2. The van der Waals surface area contributed by atoms with E-state index in [0.29, 0.717) is 0 Å². The molecule has 2 aliphatic heterocycles. The minimum absolute atomic E-state index is 0.240. The second kappa shape index (κ2) is 8.83. The molecule has 152 valence electrons. The summed E-state index contributed by atoms with van der Waals surface area (Å²) in [4.78, 5) is 19.8. The molecular weight excluding hydrogens is 358 g/mol. The Balaban J connectivity index is 1.29. The van der Waals surface area contributed by atoms with Crippen LogP contribution in [0.5, 0.6) is 0 Å². The average molecular weight is 390 g/mol. The number of anilines is 1. The van der Waals surface area contributed by atoms with Crippen molar-refractivity contribution in [1.29, 1.82) is 0 Å². The fourth-order valence-electron chi connectivity index (χ4n) is 4.24. The Hall–Kier alpha value is -2.59. The lowest BCUT2D eigenvalue weighted by Crippen LogP contribution is -2.49. The number of carbonyl (C=O) groups excluding carboxylic acids is 1. The van der Waals surface area contributed by atoms with Crippen LogP contribution in [0.1, 0.15) is 23.1 Å². The molecule has 4 nitrogen and oxygen atoms in total. The van der Waals surface area contributed by atoms with Crippen molar-refractivity contribution in [2.45, 2.75) is 26.8 Å². The molecule has 0 aliphatic carbocycles. The summed E-state index contributed by atoms with van der Waals surface area (Å²) < 4.78 is 0. The van der Waals surface area contributed by atoms with E-state index in [-0.39, 0.29) is 5.91 Å². The number of aryl methyl sites for hydroxylation is 2. The summed E-state index contributed by atoms with van der Waals surface area (Å²) >= 11 is 0. The molecule has 0 bridgehead atoms. The normalized spacial score (nSPS) is 17.9. The van der Waals surface area contributed by atoms with E-state index in [2.05, 4.69) is 78.3 Å². The first-order valence-electron chi connectivity index (χ1n) is 10.7. The van der Waals surface area contributed by atoms with Crippen molar-refractivity contribution in [3.05, 3.63) is 76.9 Å². The number of amides is 1. The lowest BCUT2D eigenvalue weighted by Gasteiger charge is -2.37. The van der Waals surface area contributed by atoms with Gasteiger partial charge >= 0.3 is 0 Å². The maximum absolute atomic E-state index is 13.0. The van der Waals surface area contributed by atoms with Crippen LogP contribution in [-0.4, -0.2) is 55.0 Å². The molecule has 1 amide bonds. The maximum atomic E-state index is 13.0. The standard InChI is InChI=1S/C25H31N3O/c1-20-6-8-24(9-7-20)27-14-16-28(17-15-27)25(29)23-10-12-26(13-11-23)19-22-5-3-4-21(2)18-22/h3-10,18H,11-17,19H2,1-2H3. The van der Waals surface area contributed by atoms with Gasteiger partial charge in [0.25, 0.3) is 0 Å². The van der Waals surface area contributed by atoms with Crippen LogP contribution in [0.2, 0.25) is 0 Å². The van der Waals surface area contributed by atoms with E-state index in [1.165, 1.54) is 22.4 Å². The number of carbonyl (C=O) groups is 1. The Labute approximate surface area is 174 Å². The maximum Gasteiger partial charge on any atom is 0.249 e. The Morgan fingerprint density at radius 2 is 1.66 bits per heavy atom. The monoisotopic (exact) mass is 389 g/mol. The first-order valence-corrected chi connectivity index (χ1v) is 10.7. The number of rotatable bonds is 4. The molecule has 4 heteroatoms. The van der Waals surface area contributed by atoms with Gasteiger partial charge in [0.2, 0.25) is 5.91 Å². The largest absolute Gasteiger partial charge is 0.368 e. The molecule has 29 heavy (non-hydrogen) atoms. The van der Waals surface area contributed by atoms with E-state index >= 15 is 0 Å². The molecule has 2 aromatic rings. The third kappa shape index (κ3) is 4.88. The molecule has 0 saturated carbocycles. The molecule has 2 aliphatic rings. The second-order valence-electron chi connectivity index (χ2n) is 8.32. The van der Waals surface area contributed by atoms with Crippen LogP contribution in [0.4, 0.5) is 5.69 Å². The quantitative estimate of drug-likeness (QED) is 0.796. The third-order valence-corrected chi connectivity index (χ3v) is 6.02. The van der Waals surface area contributed by atoms with Crippen molar-refractivity contribution in [3.8, 4) is 0 Å². The van der Waals surface area contributed by atoms with Crippen molar-refractivity contribution < 1.29 is 4.79 Å². The van der Waals surface area contributed by atoms with Gasteiger partial charge in [-0.3, -0.25) is 9.69 Å². The summed E-state index contributed by atoms with van der Waals surface area (Å²) in [6.45, 7) is 10.4. The topological polar surface area (TPSA) is 26.8 Å². The van der Waals surface area contributed by atoms with Gasteiger partial charge in [-0.15, -0.1) is 0 Å². The molecule has 4 rings (SSSR count). The smallest absolute Gasteiger partial charge is 0.249 e. The highest BCUT2D eigenvalue weighted by Gasteiger charge is 2.25. The zero-order chi connectivity index (χ0) is 20.2. The van der Waals surface area contributed by atoms with Gasteiger partial charge in [0, 0.05) is 57.1 Å². The van der Waals surface area contributed by atoms with E-state index < -0.39 is 0 Å². The number of hydrogen-bond donors (Lipinski definition) is 0. The van der Waals surface area contributed by atoms with E-state index in [9.17, 15) is 4.79 Å². The molecule has 2 aromatic carbocycles. The van der Waals surface area contributed by atoms with Gasteiger partial charge in [0.15, 0.2) is 0 Å². The predicted octanol–water partition coefficient (Wildman–Crippen LogP) is 3.78. The summed E-state index contributed by atoms with van der Waals surface area (Å²) in [6, 6.07) is 17.4. The zero-order valence-electron chi connectivity index (χ0n) is 17.6. The molecule has 0 N–H and O–H groups in total. The summed E-state index contributed by atoms with van der Waals surface area (Å²) in [5.74, 6) is 0.240. The van der Waals surface area contributed by atoms with E-state index in [1.807, 2.05) is 4.90 Å². The van der Waals surface area contributed by atoms with Crippen LogP contribution in [0.3, 0.4) is 0 Å². The van der Waals surface area contributed by atoms with Gasteiger partial charge < -0.3 is 9.80 Å². The highest BCUT2D eigenvalue weighted by Crippen LogP contribution is 2.20. The van der Waals surface area contributed by atoms with Crippen molar-refractivity contribution in [2.24, 2.45) is 0 Å². The third-order valence-electron chi connectivity index (χ3n) is 6.02. The SMILES string of the molecule is Cc1ccc(N2CCN(C(=O)C3=CCN(Cc4cccc(C)c4)CC3)CC2)cc1. The summed E-state index contributed by atoms with van der Waals surface area (Å²) in [7, 11) is 0. The first-order chi connectivity index (χ1) is 14.1. The van der Waals surface area contributed by atoms with Gasteiger partial charge in [-0.25, -0.2) is 0 Å². The van der Waals surface area contributed by atoms with E-state index in [0.717, 1.165) is 57.8 Å². The van der Waals surface area contributed by atoms with Gasteiger partial charge in [-0.05, 0) is 38.0 Å². The highest BCUT2D eigenvalue weighted by molar-refractivity contribution is 5.93. The Morgan fingerprint density at radius 3 is 2.31 bits per heavy atom. The number of hydrogen-bond acceptors (Lipinski definition) is 3. The Kier molecular flexibility index (Phi) is 6.00. The molecule has 2 heterocycles. The lowest BCUT2D eigenvalue weighted by molar-refractivity contribution is -0.127. The van der Waals surface area contributed by atoms with Gasteiger partial charge in [-0.1, -0.05) is 53.6 Å². The van der Waals surface area contributed by atoms with Gasteiger partial charge in [-0.2, -0.15) is 0 Å². The summed E-state index contributed by atoms with van der Waals surface area (Å²) in [5.41, 5.74) is 6.18. The number of nitrogens with zero attached hydrogens (tertiary/aromatic N) is 3. The zero-order valence-corrected chi connectivity index (χ0v) is 17.6. The Morgan fingerprint density at radius 1 is 0.897 bits per heavy atom. The molecule has 0 spiro atoms. The molecule has 1 fully saturated rings. The van der Waals surface area contributed by atoms with Crippen LogP contribution < -0.4 is 4.90 Å².